The smallest absolute Gasteiger partial charge is 0.221 e. The monoisotopic (exact) mass is 242 g/mol. The molecule has 3 nitrogen and oxygen atoms in total. The third-order valence-corrected chi connectivity index (χ3v) is 3.03. The van der Waals surface area contributed by atoms with Crippen LogP contribution in [-0.2, 0) is 0 Å². The van der Waals surface area contributed by atoms with E-state index in [0.717, 1.165) is 17.0 Å². The van der Waals surface area contributed by atoms with E-state index in [9.17, 15) is 0 Å². The van der Waals surface area contributed by atoms with Crippen LogP contribution in [0.1, 0.15) is 26.7 Å². The van der Waals surface area contributed by atoms with Crippen LogP contribution in [-0.4, -0.2) is 17.1 Å². The molecule has 0 bridgehead atoms. The van der Waals surface area contributed by atoms with Gasteiger partial charge in [-0.2, -0.15) is 0 Å². The van der Waals surface area contributed by atoms with Gasteiger partial charge in [-0.1, -0.05) is 6.07 Å². The molecule has 1 heterocycles. The Balaban J connectivity index is 1.99. The summed E-state index contributed by atoms with van der Waals surface area (Å²) in [7, 11) is 0. The maximum atomic E-state index is 5.76. The number of pyridine rings is 1. The highest BCUT2D eigenvalue weighted by Crippen LogP contribution is 2.30. The van der Waals surface area contributed by atoms with E-state index in [-0.39, 0.29) is 6.10 Å². The van der Waals surface area contributed by atoms with Crippen LogP contribution in [0.15, 0.2) is 30.5 Å². The number of aromatic nitrogens is 1. The number of nitrogens with one attached hydrogen (secondary N) is 1. The van der Waals surface area contributed by atoms with Gasteiger partial charge in [0.15, 0.2) is 0 Å². The van der Waals surface area contributed by atoms with Crippen molar-refractivity contribution in [1.29, 1.82) is 0 Å². The van der Waals surface area contributed by atoms with Crippen LogP contribution in [0.3, 0.4) is 0 Å². The second-order valence-corrected chi connectivity index (χ2v) is 5.14. The molecule has 1 fully saturated rings. The number of hydrogen-bond acceptors (Lipinski definition) is 3. The third kappa shape index (κ3) is 2.40. The van der Waals surface area contributed by atoms with Crippen LogP contribution in [0.2, 0.25) is 0 Å². The number of ether oxygens (including phenoxy) is 1. The highest BCUT2D eigenvalue weighted by atomic mass is 16.5. The zero-order valence-electron chi connectivity index (χ0n) is 10.8. The molecule has 1 aliphatic carbocycles. The van der Waals surface area contributed by atoms with E-state index in [1.54, 1.807) is 6.20 Å². The van der Waals surface area contributed by atoms with Crippen LogP contribution < -0.4 is 10.1 Å². The summed E-state index contributed by atoms with van der Waals surface area (Å²) < 4.78 is 5.76. The van der Waals surface area contributed by atoms with Gasteiger partial charge < -0.3 is 10.1 Å². The van der Waals surface area contributed by atoms with Crippen LogP contribution >= 0.6 is 0 Å². The Morgan fingerprint density at radius 2 is 2.11 bits per heavy atom. The molecule has 2 aromatic rings. The quantitative estimate of drug-likeness (QED) is 0.889. The molecule has 1 saturated carbocycles. The first-order valence-electron chi connectivity index (χ1n) is 6.54. The summed E-state index contributed by atoms with van der Waals surface area (Å²) in [6.45, 7) is 4.04. The Hall–Kier alpha value is -1.77. The number of fused-ring (bicyclic) bond motifs is 1. The second-order valence-electron chi connectivity index (χ2n) is 5.14. The number of anilines is 1. The zero-order chi connectivity index (χ0) is 12.5. The van der Waals surface area contributed by atoms with Gasteiger partial charge in [0.2, 0.25) is 5.88 Å². The second kappa shape index (κ2) is 4.48. The maximum Gasteiger partial charge on any atom is 0.221 e. The van der Waals surface area contributed by atoms with Crippen molar-refractivity contribution in [2.24, 2.45) is 0 Å². The fourth-order valence-electron chi connectivity index (χ4n) is 2.01. The van der Waals surface area contributed by atoms with E-state index in [2.05, 4.69) is 28.5 Å². The molecule has 3 heteroatoms. The molecule has 0 amide bonds. The first kappa shape index (κ1) is 11.3. The summed E-state index contributed by atoms with van der Waals surface area (Å²) in [4.78, 5) is 4.33. The van der Waals surface area contributed by atoms with Crippen LogP contribution in [0, 0.1) is 0 Å². The molecule has 0 atom stereocenters. The Morgan fingerprint density at radius 1 is 1.28 bits per heavy atom. The van der Waals surface area contributed by atoms with Gasteiger partial charge in [-0.05, 0) is 50.3 Å². The SMILES string of the molecule is CC(C)Oc1nccc2ccc(NC3CC3)cc12. The lowest BCUT2D eigenvalue weighted by atomic mass is 10.1. The van der Waals surface area contributed by atoms with E-state index in [4.69, 9.17) is 4.74 Å². The molecule has 0 unspecified atom stereocenters. The fourth-order valence-corrected chi connectivity index (χ4v) is 2.01. The average Bonchev–Trinajstić information content (AvgIpc) is 3.13. The summed E-state index contributed by atoms with van der Waals surface area (Å²) in [5.41, 5.74) is 1.16. The molecule has 94 valence electrons. The zero-order valence-corrected chi connectivity index (χ0v) is 10.8. The van der Waals surface area contributed by atoms with Crippen molar-refractivity contribution >= 4 is 16.5 Å². The molecule has 1 aromatic heterocycles. The predicted molar refractivity (Wildman–Crippen MR) is 74.2 cm³/mol. The summed E-state index contributed by atoms with van der Waals surface area (Å²) in [6, 6.07) is 9.06. The molecule has 1 N–H and O–H groups in total. The third-order valence-electron chi connectivity index (χ3n) is 3.03. The highest BCUT2D eigenvalue weighted by Gasteiger charge is 2.20. The van der Waals surface area contributed by atoms with Crippen molar-refractivity contribution in [3.63, 3.8) is 0 Å². The van der Waals surface area contributed by atoms with Gasteiger partial charge in [0.25, 0.3) is 0 Å². The lowest BCUT2D eigenvalue weighted by molar-refractivity contribution is 0.236. The molecule has 0 saturated heterocycles. The Morgan fingerprint density at radius 3 is 2.83 bits per heavy atom. The van der Waals surface area contributed by atoms with Crippen LogP contribution in [0.4, 0.5) is 5.69 Å². The van der Waals surface area contributed by atoms with Gasteiger partial charge in [-0.25, -0.2) is 4.98 Å². The summed E-state index contributed by atoms with van der Waals surface area (Å²) in [5, 5.41) is 5.75. The molecule has 1 aromatic carbocycles. The van der Waals surface area contributed by atoms with E-state index < -0.39 is 0 Å². The van der Waals surface area contributed by atoms with Crippen molar-refractivity contribution in [2.45, 2.75) is 38.8 Å². The van der Waals surface area contributed by atoms with Crippen molar-refractivity contribution in [2.75, 3.05) is 5.32 Å². The molecular weight excluding hydrogens is 224 g/mol. The Bertz CT molecular complexity index is 561. The van der Waals surface area contributed by atoms with Crippen molar-refractivity contribution in [3.8, 4) is 5.88 Å². The Kier molecular flexibility index (Phi) is 2.82. The lowest BCUT2D eigenvalue weighted by Crippen LogP contribution is -2.07. The fraction of sp³-hybridized carbons (Fsp3) is 0.400. The number of benzene rings is 1. The summed E-state index contributed by atoms with van der Waals surface area (Å²) in [6.07, 6.45) is 4.50. The minimum absolute atomic E-state index is 0.142. The summed E-state index contributed by atoms with van der Waals surface area (Å²) in [5.74, 6) is 0.724. The predicted octanol–water partition coefficient (Wildman–Crippen LogP) is 3.60. The van der Waals surface area contributed by atoms with Gasteiger partial charge in [-0.3, -0.25) is 0 Å². The molecule has 0 radical (unpaired) electrons. The van der Waals surface area contributed by atoms with Crippen LogP contribution in [0.5, 0.6) is 5.88 Å². The van der Waals surface area contributed by atoms with Gasteiger partial charge in [0.05, 0.1) is 6.10 Å². The normalized spacial score (nSPS) is 15.1. The van der Waals surface area contributed by atoms with E-state index in [1.807, 2.05) is 19.9 Å². The average molecular weight is 242 g/mol. The summed E-state index contributed by atoms with van der Waals surface area (Å²) >= 11 is 0. The standard InChI is InChI=1S/C15H18N2O/c1-10(2)18-15-14-9-13(17-12-5-6-12)4-3-11(14)7-8-16-15/h3-4,7-10,12,17H,5-6H2,1-2H3. The first-order valence-corrected chi connectivity index (χ1v) is 6.54. The largest absolute Gasteiger partial charge is 0.475 e. The van der Waals surface area contributed by atoms with Gasteiger partial charge in [0.1, 0.15) is 0 Å². The number of nitrogens with zero attached hydrogens (tertiary/aromatic N) is 1. The minimum atomic E-state index is 0.142. The molecule has 3 rings (SSSR count). The minimum Gasteiger partial charge on any atom is -0.475 e. The van der Waals surface area contributed by atoms with Gasteiger partial charge in [-0.15, -0.1) is 0 Å². The molecular formula is C15H18N2O. The first-order chi connectivity index (χ1) is 8.72. The van der Waals surface area contributed by atoms with E-state index >= 15 is 0 Å². The van der Waals surface area contributed by atoms with Crippen molar-refractivity contribution < 1.29 is 4.74 Å². The van der Waals surface area contributed by atoms with Crippen LogP contribution in [0.25, 0.3) is 10.8 Å². The number of hydrogen-bond donors (Lipinski definition) is 1. The Labute approximate surface area is 107 Å². The molecule has 18 heavy (non-hydrogen) atoms. The van der Waals surface area contributed by atoms with Gasteiger partial charge in [0, 0.05) is 23.3 Å². The van der Waals surface area contributed by atoms with E-state index in [1.165, 1.54) is 18.2 Å². The molecule has 0 aliphatic heterocycles. The number of rotatable bonds is 4. The topological polar surface area (TPSA) is 34.1 Å². The van der Waals surface area contributed by atoms with E-state index in [0.29, 0.717) is 6.04 Å². The van der Waals surface area contributed by atoms with Crippen molar-refractivity contribution in [3.05, 3.63) is 30.5 Å². The van der Waals surface area contributed by atoms with Gasteiger partial charge >= 0.3 is 0 Å². The maximum absolute atomic E-state index is 5.76. The highest BCUT2D eigenvalue weighted by molar-refractivity contribution is 5.89. The lowest BCUT2D eigenvalue weighted by Gasteiger charge is -2.12. The van der Waals surface area contributed by atoms with Crippen molar-refractivity contribution in [1.82, 2.24) is 4.98 Å². The molecule has 1 aliphatic rings. The molecule has 0 spiro atoms.